The smallest absolute Gasteiger partial charge is 0.287 e. The fourth-order valence-corrected chi connectivity index (χ4v) is 3.00. The molecule has 0 saturated carbocycles. The van der Waals surface area contributed by atoms with Gasteiger partial charge in [0.1, 0.15) is 10.7 Å². The molecule has 0 N–H and O–H groups in total. The summed E-state index contributed by atoms with van der Waals surface area (Å²) in [4.78, 5) is 30.3. The lowest BCUT2D eigenvalue weighted by Gasteiger charge is -2.23. The molecular formula is C17H9ClN2O2. The maximum absolute atomic E-state index is 12.5. The van der Waals surface area contributed by atoms with E-state index < -0.39 is 6.03 Å². The number of rotatable bonds is 1. The second-order valence-corrected chi connectivity index (χ2v) is 5.33. The lowest BCUT2D eigenvalue weighted by atomic mass is 9.92. The van der Waals surface area contributed by atoms with E-state index in [4.69, 9.17) is 11.6 Å². The van der Waals surface area contributed by atoms with Crippen LogP contribution < -0.4 is 4.90 Å². The molecule has 0 saturated heterocycles. The average molecular weight is 309 g/mol. The zero-order valence-electron chi connectivity index (χ0n) is 11.3. The first kappa shape index (κ1) is 13.0. The molecule has 0 spiro atoms. The van der Waals surface area contributed by atoms with Gasteiger partial charge >= 0.3 is 6.03 Å². The van der Waals surface area contributed by atoms with E-state index in [0.717, 1.165) is 0 Å². The van der Waals surface area contributed by atoms with Crippen LogP contribution in [-0.4, -0.2) is 17.5 Å². The number of benzene rings is 2. The van der Waals surface area contributed by atoms with Crippen molar-refractivity contribution in [1.82, 2.24) is 0 Å². The molecule has 106 valence electrons. The number of allylic oxidation sites excluding steroid dienone is 2. The van der Waals surface area contributed by atoms with Crippen molar-refractivity contribution in [3.63, 3.8) is 0 Å². The number of hydrogen-bond donors (Lipinski definition) is 0. The topological polar surface area (TPSA) is 49.7 Å². The fourth-order valence-electron chi connectivity index (χ4n) is 2.72. The van der Waals surface area contributed by atoms with Crippen molar-refractivity contribution in [3.8, 4) is 0 Å². The predicted octanol–water partition coefficient (Wildman–Crippen LogP) is 3.76. The van der Waals surface area contributed by atoms with Crippen LogP contribution in [0.3, 0.4) is 0 Å². The van der Waals surface area contributed by atoms with Crippen LogP contribution in [0, 0.1) is 0 Å². The highest BCUT2D eigenvalue weighted by Gasteiger charge is 2.40. The highest BCUT2D eigenvalue weighted by molar-refractivity contribution is 6.52. The Bertz CT molecular complexity index is 885. The van der Waals surface area contributed by atoms with E-state index in [1.165, 1.54) is 4.90 Å². The van der Waals surface area contributed by atoms with E-state index >= 15 is 0 Å². The van der Waals surface area contributed by atoms with Crippen molar-refractivity contribution in [1.29, 1.82) is 0 Å². The molecule has 0 aromatic heterocycles. The van der Waals surface area contributed by atoms with Crippen molar-refractivity contribution in [2.24, 2.45) is 4.99 Å². The maximum Gasteiger partial charge on any atom is 0.353 e. The van der Waals surface area contributed by atoms with Crippen LogP contribution in [-0.2, 0) is 0 Å². The Hall–Kier alpha value is -2.72. The Labute approximate surface area is 131 Å². The number of aliphatic imine (C=N–C) groups is 1. The van der Waals surface area contributed by atoms with Gasteiger partial charge < -0.3 is 0 Å². The molecule has 2 amide bonds. The van der Waals surface area contributed by atoms with E-state index in [1.54, 1.807) is 36.4 Å². The molecule has 1 heterocycles. The lowest BCUT2D eigenvalue weighted by molar-refractivity contribution is 0.104. The zero-order chi connectivity index (χ0) is 15.3. The molecule has 5 heteroatoms. The second kappa shape index (κ2) is 4.64. The summed E-state index contributed by atoms with van der Waals surface area (Å²) in [6.07, 6.45) is 0. The molecule has 0 unspecified atom stereocenters. The predicted molar refractivity (Wildman–Crippen MR) is 84.5 cm³/mol. The monoisotopic (exact) mass is 308 g/mol. The van der Waals surface area contributed by atoms with Gasteiger partial charge in [0.15, 0.2) is 0 Å². The normalized spacial score (nSPS) is 16.6. The third-order valence-corrected chi connectivity index (χ3v) is 4.05. The number of carbonyl (C=O) groups is 2. The van der Waals surface area contributed by atoms with Gasteiger partial charge in [0.05, 0.1) is 11.4 Å². The number of fused-ring (bicyclic) bond motifs is 3. The summed E-state index contributed by atoms with van der Waals surface area (Å²) in [6, 6.07) is 15.6. The van der Waals surface area contributed by atoms with Gasteiger partial charge in [-0.1, -0.05) is 54.1 Å². The Balaban J connectivity index is 1.96. The summed E-state index contributed by atoms with van der Waals surface area (Å²) in [6.45, 7) is 0. The van der Waals surface area contributed by atoms with Crippen LogP contribution in [0.1, 0.15) is 15.9 Å². The summed E-state index contributed by atoms with van der Waals surface area (Å²) < 4.78 is 0. The number of ketones is 1. The number of carbonyl (C=O) groups excluding carboxylic acids is 2. The van der Waals surface area contributed by atoms with Gasteiger partial charge in [-0.2, -0.15) is 4.99 Å². The van der Waals surface area contributed by atoms with E-state index in [-0.39, 0.29) is 10.8 Å². The van der Waals surface area contributed by atoms with E-state index in [0.29, 0.717) is 28.2 Å². The molecule has 2 aliphatic rings. The minimum Gasteiger partial charge on any atom is -0.287 e. The molecule has 2 aromatic carbocycles. The third-order valence-electron chi connectivity index (χ3n) is 3.70. The summed E-state index contributed by atoms with van der Waals surface area (Å²) in [7, 11) is 0. The van der Waals surface area contributed by atoms with Crippen molar-refractivity contribution < 1.29 is 9.59 Å². The number of para-hydroxylation sites is 1. The Morgan fingerprint density at radius 1 is 0.864 bits per heavy atom. The van der Waals surface area contributed by atoms with Crippen LogP contribution >= 0.6 is 11.6 Å². The molecule has 0 fully saturated rings. The highest BCUT2D eigenvalue weighted by Crippen LogP contribution is 2.37. The largest absolute Gasteiger partial charge is 0.353 e. The molecule has 0 bridgehead atoms. The number of hydrogen-bond acceptors (Lipinski definition) is 2. The first-order chi connectivity index (χ1) is 10.7. The molecule has 0 atom stereocenters. The van der Waals surface area contributed by atoms with E-state index in [9.17, 15) is 9.59 Å². The van der Waals surface area contributed by atoms with E-state index in [1.807, 2.05) is 18.2 Å². The van der Waals surface area contributed by atoms with Gasteiger partial charge in [0, 0.05) is 11.1 Å². The highest BCUT2D eigenvalue weighted by atomic mass is 35.5. The summed E-state index contributed by atoms with van der Waals surface area (Å²) in [5.41, 5.74) is 2.55. The van der Waals surface area contributed by atoms with Crippen LogP contribution in [0.25, 0.3) is 0 Å². The van der Waals surface area contributed by atoms with Crippen molar-refractivity contribution in [2.75, 3.05) is 4.90 Å². The van der Waals surface area contributed by atoms with Gasteiger partial charge in [-0.3, -0.25) is 9.69 Å². The molecule has 22 heavy (non-hydrogen) atoms. The quantitative estimate of drug-likeness (QED) is 0.805. The lowest BCUT2D eigenvalue weighted by Crippen LogP contribution is -2.29. The van der Waals surface area contributed by atoms with Gasteiger partial charge in [-0.15, -0.1) is 0 Å². The second-order valence-electron chi connectivity index (χ2n) is 4.95. The number of anilines is 1. The standard InChI is InChI=1S/C17H9ClN2O2/c18-13-15-14(11-8-4-5-9-12(11)16(13)21)19-17(22)20(15)10-6-2-1-3-7-10/h1-9H. The average Bonchev–Trinajstić information content (AvgIpc) is 2.91. The Kier molecular flexibility index (Phi) is 2.74. The van der Waals surface area contributed by atoms with Crippen LogP contribution in [0.2, 0.25) is 0 Å². The SMILES string of the molecule is O=C1C(Cl)=C2C(=NC(=O)N2c2ccccc2)c2ccccc21. The van der Waals surface area contributed by atoms with E-state index in [2.05, 4.69) is 4.99 Å². The first-order valence-corrected chi connectivity index (χ1v) is 7.08. The number of amides is 2. The number of halogens is 1. The molecule has 2 aromatic rings. The van der Waals surface area contributed by atoms with Crippen LogP contribution in [0.15, 0.2) is 70.3 Å². The van der Waals surface area contributed by atoms with Gasteiger partial charge in [-0.25, -0.2) is 4.79 Å². The Morgan fingerprint density at radius 3 is 2.23 bits per heavy atom. The summed E-state index contributed by atoms with van der Waals surface area (Å²) in [5.74, 6) is -0.290. The summed E-state index contributed by atoms with van der Waals surface area (Å²) in [5, 5.41) is 0.0205. The Morgan fingerprint density at radius 2 is 1.50 bits per heavy atom. The molecule has 4 nitrogen and oxygen atoms in total. The number of nitrogens with zero attached hydrogens (tertiary/aromatic N) is 2. The zero-order valence-corrected chi connectivity index (χ0v) is 12.0. The first-order valence-electron chi connectivity index (χ1n) is 6.70. The molecular weight excluding hydrogens is 300 g/mol. The molecule has 1 aliphatic heterocycles. The van der Waals surface area contributed by atoms with Crippen LogP contribution in [0.5, 0.6) is 0 Å². The van der Waals surface area contributed by atoms with Gasteiger partial charge in [0.2, 0.25) is 5.78 Å². The van der Waals surface area contributed by atoms with Gasteiger partial charge in [-0.05, 0) is 12.1 Å². The molecule has 4 rings (SSSR count). The summed E-state index contributed by atoms with van der Waals surface area (Å²) >= 11 is 6.26. The van der Waals surface area contributed by atoms with Crippen molar-refractivity contribution >= 4 is 34.8 Å². The van der Waals surface area contributed by atoms with Gasteiger partial charge in [0.25, 0.3) is 0 Å². The molecule has 1 aliphatic carbocycles. The van der Waals surface area contributed by atoms with Crippen LogP contribution in [0.4, 0.5) is 10.5 Å². The third kappa shape index (κ3) is 1.68. The number of Topliss-reactive ketones (excluding diaryl/α,β-unsaturated/α-hetero) is 1. The van der Waals surface area contributed by atoms with Crippen molar-refractivity contribution in [3.05, 3.63) is 76.5 Å². The fraction of sp³-hybridized carbons (Fsp3) is 0. The minimum absolute atomic E-state index is 0.0205. The number of urea groups is 1. The van der Waals surface area contributed by atoms with Crippen molar-refractivity contribution in [2.45, 2.75) is 0 Å². The molecule has 0 radical (unpaired) electrons. The maximum atomic E-state index is 12.5. The minimum atomic E-state index is -0.446.